The lowest BCUT2D eigenvalue weighted by Crippen LogP contribution is -2.19. The minimum Gasteiger partial charge on any atom is -0.438 e. The van der Waals surface area contributed by atoms with Crippen LogP contribution in [0.1, 0.15) is 16.7 Å². The summed E-state index contributed by atoms with van der Waals surface area (Å²) < 4.78 is 19.1. The van der Waals surface area contributed by atoms with Gasteiger partial charge in [0, 0.05) is 20.3 Å². The van der Waals surface area contributed by atoms with E-state index in [2.05, 4.69) is 20.6 Å². The monoisotopic (exact) mass is 408 g/mol. The Hall–Kier alpha value is -4.00. The number of carbonyl (C=O) groups is 1. The molecule has 2 N–H and O–H groups in total. The molecule has 4 rings (SSSR count). The van der Waals surface area contributed by atoms with Crippen LogP contribution in [0.4, 0.5) is 20.6 Å². The number of anilines is 2. The quantitative estimate of drug-likeness (QED) is 0.393. The van der Waals surface area contributed by atoms with Crippen molar-refractivity contribution in [3.05, 3.63) is 84.9 Å². The van der Waals surface area contributed by atoms with Gasteiger partial charge in [-0.3, -0.25) is 0 Å². The first-order valence-electron chi connectivity index (χ1n) is 9.49. The average Bonchev–Trinajstić information content (AvgIpc) is 2.77. The maximum atomic E-state index is 13.3. The van der Waals surface area contributed by atoms with Gasteiger partial charge in [0.05, 0.1) is 10.9 Å². The Morgan fingerprint density at radius 1 is 0.900 bits per heavy atom. The van der Waals surface area contributed by atoms with Gasteiger partial charge in [-0.25, -0.2) is 19.2 Å². The highest BCUT2D eigenvalue weighted by Crippen LogP contribution is 2.27. The number of ether oxygens (including phenoxy) is 1. The molecule has 0 fully saturated rings. The normalized spacial score (nSPS) is 9.97. The lowest BCUT2D eigenvalue weighted by Gasteiger charge is -2.10. The van der Waals surface area contributed by atoms with Crippen LogP contribution in [0.3, 0.4) is 0 Å². The summed E-state index contributed by atoms with van der Waals surface area (Å²) in [6.45, 7) is 4.00. The summed E-state index contributed by atoms with van der Waals surface area (Å²) in [5.74, 6) is 0.479. The van der Waals surface area contributed by atoms with Crippen LogP contribution in [-0.4, -0.2) is 16.0 Å². The van der Waals surface area contributed by atoms with Crippen molar-refractivity contribution in [1.82, 2.24) is 9.97 Å². The molecule has 0 aliphatic heterocycles. The van der Waals surface area contributed by atoms with Crippen molar-refractivity contribution < 1.29 is 16.8 Å². The Bertz CT molecular complexity index is 1130. The fourth-order valence-corrected chi connectivity index (χ4v) is 2.62. The van der Waals surface area contributed by atoms with Crippen molar-refractivity contribution in [2.24, 2.45) is 0 Å². The topological polar surface area (TPSA) is 76.1 Å². The summed E-state index contributed by atoms with van der Waals surface area (Å²) >= 11 is 0. The molecule has 0 bridgehead atoms. The number of benzene rings is 3. The van der Waals surface area contributed by atoms with E-state index in [1.54, 1.807) is 42.5 Å². The van der Waals surface area contributed by atoms with Crippen LogP contribution in [0.25, 0.3) is 10.9 Å². The molecule has 0 aliphatic rings. The van der Waals surface area contributed by atoms with Gasteiger partial charge in [0.1, 0.15) is 17.9 Å². The van der Waals surface area contributed by atoms with E-state index >= 15 is 0 Å². The number of rotatable bonds is 4. The van der Waals surface area contributed by atoms with E-state index in [9.17, 15) is 9.18 Å². The van der Waals surface area contributed by atoms with Gasteiger partial charge in [-0.1, -0.05) is 32.0 Å². The van der Waals surface area contributed by atoms with Crippen LogP contribution >= 0.6 is 0 Å². The SMILES string of the molecule is CC.O=C(Nc1ccccc1)Nc1ccc(Oc2ncnc3cc(F)ccc23)cc1.[HH].[HH]. The number of nitrogens with one attached hydrogen (secondary N) is 2. The zero-order chi connectivity index (χ0) is 21.3. The molecule has 156 valence electrons. The molecule has 0 unspecified atom stereocenters. The molecule has 0 atom stereocenters. The van der Waals surface area contributed by atoms with Gasteiger partial charge in [0.2, 0.25) is 5.88 Å². The van der Waals surface area contributed by atoms with Crippen molar-refractivity contribution in [3.8, 4) is 11.6 Å². The Balaban J connectivity index is 0.00000125. The van der Waals surface area contributed by atoms with Gasteiger partial charge in [0.15, 0.2) is 0 Å². The Kier molecular flexibility index (Phi) is 6.89. The maximum Gasteiger partial charge on any atom is 0.323 e. The molecule has 2 amide bonds. The van der Waals surface area contributed by atoms with Crippen molar-refractivity contribution in [1.29, 1.82) is 0 Å². The van der Waals surface area contributed by atoms with E-state index in [1.807, 2.05) is 32.0 Å². The number of nitrogens with zero attached hydrogens (tertiary/aromatic N) is 2. The number of halogens is 1. The standard InChI is InChI=1S/C21H15FN4O2.C2H6.2H2/c22-14-6-11-18-19(12-14)23-13-24-20(18)28-17-9-7-16(8-10-17)26-21(27)25-15-4-2-1-3-5-15;1-2;;/h1-13H,(H2,25,26,27);1-2H3;2*1H. The minimum atomic E-state index is -0.374. The van der Waals surface area contributed by atoms with Gasteiger partial charge in [0.25, 0.3) is 0 Å². The highest BCUT2D eigenvalue weighted by atomic mass is 19.1. The molecule has 0 saturated carbocycles. The second kappa shape index (κ2) is 9.97. The largest absolute Gasteiger partial charge is 0.438 e. The number of hydrogen-bond acceptors (Lipinski definition) is 4. The zero-order valence-electron chi connectivity index (χ0n) is 16.6. The van der Waals surface area contributed by atoms with Crippen LogP contribution in [0.15, 0.2) is 79.1 Å². The summed E-state index contributed by atoms with van der Waals surface area (Å²) in [5.41, 5.74) is 1.77. The van der Waals surface area contributed by atoms with Gasteiger partial charge in [-0.15, -0.1) is 0 Å². The van der Waals surface area contributed by atoms with Crippen molar-refractivity contribution in [3.63, 3.8) is 0 Å². The maximum absolute atomic E-state index is 13.3. The van der Waals surface area contributed by atoms with Crippen molar-refractivity contribution in [2.45, 2.75) is 13.8 Å². The number of amides is 2. The summed E-state index contributed by atoms with van der Waals surface area (Å²) in [6, 6.07) is 19.9. The molecule has 0 aliphatic carbocycles. The molecular formula is C23H25FN4O2. The van der Waals surface area contributed by atoms with E-state index in [4.69, 9.17) is 4.74 Å². The van der Waals surface area contributed by atoms with E-state index in [-0.39, 0.29) is 14.7 Å². The number of carbonyl (C=O) groups excluding carboxylic acids is 1. The predicted octanol–water partition coefficient (Wildman–Crippen LogP) is 6.72. The molecule has 1 heterocycles. The molecule has 6 nitrogen and oxygen atoms in total. The number of urea groups is 1. The second-order valence-corrected chi connectivity index (χ2v) is 5.91. The molecule has 3 aromatic carbocycles. The smallest absolute Gasteiger partial charge is 0.323 e. The first kappa shape index (κ1) is 20.7. The number of aromatic nitrogens is 2. The zero-order valence-corrected chi connectivity index (χ0v) is 16.6. The fourth-order valence-electron chi connectivity index (χ4n) is 2.62. The summed E-state index contributed by atoms with van der Waals surface area (Å²) in [6.07, 6.45) is 1.32. The minimum absolute atomic E-state index is 0. The van der Waals surface area contributed by atoms with E-state index in [1.165, 1.54) is 18.5 Å². The van der Waals surface area contributed by atoms with E-state index < -0.39 is 0 Å². The van der Waals surface area contributed by atoms with Crippen LogP contribution < -0.4 is 15.4 Å². The predicted molar refractivity (Wildman–Crippen MR) is 121 cm³/mol. The molecule has 0 spiro atoms. The Morgan fingerprint density at radius 3 is 2.27 bits per heavy atom. The van der Waals surface area contributed by atoms with Crippen LogP contribution in [0.5, 0.6) is 11.6 Å². The highest BCUT2D eigenvalue weighted by Gasteiger charge is 2.08. The van der Waals surface area contributed by atoms with Crippen molar-refractivity contribution >= 4 is 28.3 Å². The van der Waals surface area contributed by atoms with Crippen LogP contribution in [0.2, 0.25) is 0 Å². The van der Waals surface area contributed by atoms with Crippen LogP contribution in [0, 0.1) is 5.82 Å². The summed E-state index contributed by atoms with van der Waals surface area (Å²) in [5, 5.41) is 6.09. The van der Waals surface area contributed by atoms with Gasteiger partial charge >= 0.3 is 6.03 Å². The number of para-hydroxylation sites is 1. The third-order valence-corrected chi connectivity index (χ3v) is 3.92. The van der Waals surface area contributed by atoms with Crippen molar-refractivity contribution in [2.75, 3.05) is 10.6 Å². The third-order valence-electron chi connectivity index (χ3n) is 3.92. The van der Waals surface area contributed by atoms with E-state index in [0.717, 1.165) is 0 Å². The first-order valence-corrected chi connectivity index (χ1v) is 9.49. The van der Waals surface area contributed by atoms with Crippen LogP contribution in [-0.2, 0) is 0 Å². The summed E-state index contributed by atoms with van der Waals surface area (Å²) in [7, 11) is 0. The third kappa shape index (κ3) is 5.29. The number of hydrogen-bond donors (Lipinski definition) is 2. The summed E-state index contributed by atoms with van der Waals surface area (Å²) in [4.78, 5) is 20.2. The van der Waals surface area contributed by atoms with E-state index in [0.29, 0.717) is 33.9 Å². The Labute approximate surface area is 176 Å². The van der Waals surface area contributed by atoms with Gasteiger partial charge in [-0.2, -0.15) is 0 Å². The molecular weight excluding hydrogens is 383 g/mol. The molecule has 4 aromatic rings. The molecule has 7 heteroatoms. The second-order valence-electron chi connectivity index (χ2n) is 5.91. The van der Waals surface area contributed by atoms with Gasteiger partial charge in [-0.05, 0) is 48.5 Å². The first-order chi connectivity index (χ1) is 14.7. The average molecular weight is 408 g/mol. The lowest BCUT2D eigenvalue weighted by molar-refractivity contribution is 0.262. The molecule has 30 heavy (non-hydrogen) atoms. The molecule has 0 saturated heterocycles. The number of fused-ring (bicyclic) bond motifs is 1. The Morgan fingerprint density at radius 2 is 1.57 bits per heavy atom. The fraction of sp³-hybridized carbons (Fsp3) is 0.0870. The molecule has 1 aromatic heterocycles. The van der Waals surface area contributed by atoms with Gasteiger partial charge < -0.3 is 15.4 Å². The lowest BCUT2D eigenvalue weighted by atomic mass is 10.2. The molecule has 0 radical (unpaired) electrons. The highest BCUT2D eigenvalue weighted by molar-refractivity contribution is 5.99.